The molecule has 0 aromatic carbocycles. The fourth-order valence-corrected chi connectivity index (χ4v) is 2.27. The van der Waals surface area contributed by atoms with Crippen molar-refractivity contribution in [3.63, 3.8) is 0 Å². The Morgan fingerprint density at radius 1 is 1.36 bits per heavy atom. The molecule has 1 aromatic rings. The van der Waals surface area contributed by atoms with Gasteiger partial charge in [-0.05, 0) is 50.9 Å². The lowest BCUT2D eigenvalue weighted by molar-refractivity contribution is 0.298. The van der Waals surface area contributed by atoms with Gasteiger partial charge in [0, 0.05) is 5.92 Å². The highest BCUT2D eigenvalue weighted by Crippen LogP contribution is 2.31. The van der Waals surface area contributed by atoms with Gasteiger partial charge in [0.15, 0.2) is 0 Å². The zero-order valence-electron chi connectivity index (χ0n) is 9.05. The van der Waals surface area contributed by atoms with Gasteiger partial charge in [0.1, 0.15) is 11.5 Å². The van der Waals surface area contributed by atoms with Crippen LogP contribution in [-0.4, -0.2) is 13.1 Å². The van der Waals surface area contributed by atoms with Crippen LogP contribution in [0.3, 0.4) is 0 Å². The molecule has 2 heteroatoms. The highest BCUT2D eigenvalue weighted by molar-refractivity contribution is 5.10. The summed E-state index contributed by atoms with van der Waals surface area (Å²) in [7, 11) is 0. The smallest absolute Gasteiger partial charge is 0.107 e. The molecule has 1 aromatic heterocycles. The second kappa shape index (κ2) is 4.18. The molecule has 0 spiro atoms. The fourth-order valence-electron chi connectivity index (χ4n) is 2.27. The summed E-state index contributed by atoms with van der Waals surface area (Å²) in [6, 6.07) is 4.19. The minimum Gasteiger partial charge on any atom is -0.466 e. The lowest BCUT2D eigenvalue weighted by Gasteiger charge is -2.26. The van der Waals surface area contributed by atoms with E-state index >= 15 is 0 Å². The van der Waals surface area contributed by atoms with E-state index in [9.17, 15) is 0 Å². The molecular formula is C12H19NO. The van der Waals surface area contributed by atoms with Gasteiger partial charge in [0.25, 0.3) is 0 Å². The van der Waals surface area contributed by atoms with Crippen molar-refractivity contribution >= 4 is 0 Å². The Morgan fingerprint density at radius 2 is 2.07 bits per heavy atom. The van der Waals surface area contributed by atoms with Crippen LogP contribution in [0.15, 0.2) is 16.5 Å². The lowest BCUT2D eigenvalue weighted by atomic mass is 9.85. The highest BCUT2D eigenvalue weighted by atomic mass is 16.3. The van der Waals surface area contributed by atoms with Crippen LogP contribution in [0.2, 0.25) is 0 Å². The van der Waals surface area contributed by atoms with E-state index in [1.54, 1.807) is 0 Å². The average molecular weight is 193 g/mol. The van der Waals surface area contributed by atoms with Gasteiger partial charge >= 0.3 is 0 Å². The molecular weight excluding hydrogens is 174 g/mol. The first kappa shape index (κ1) is 9.78. The SMILES string of the molecule is Cc1ccc(C(C)C2CCNCC2)o1. The Bertz CT molecular complexity index is 286. The van der Waals surface area contributed by atoms with E-state index in [1.807, 2.05) is 6.92 Å². The first-order valence-corrected chi connectivity index (χ1v) is 5.54. The number of aryl methyl sites for hydroxylation is 1. The molecule has 1 aliphatic rings. The molecule has 2 heterocycles. The topological polar surface area (TPSA) is 25.2 Å². The van der Waals surface area contributed by atoms with Crippen LogP contribution in [0.25, 0.3) is 0 Å². The van der Waals surface area contributed by atoms with Crippen LogP contribution in [-0.2, 0) is 0 Å². The normalized spacial score (nSPS) is 21.0. The van der Waals surface area contributed by atoms with Crippen molar-refractivity contribution in [2.75, 3.05) is 13.1 Å². The number of piperidine rings is 1. The quantitative estimate of drug-likeness (QED) is 0.781. The first-order chi connectivity index (χ1) is 6.77. The van der Waals surface area contributed by atoms with Gasteiger partial charge in [0.2, 0.25) is 0 Å². The molecule has 0 saturated carbocycles. The molecule has 0 amide bonds. The van der Waals surface area contributed by atoms with Crippen molar-refractivity contribution in [3.05, 3.63) is 23.7 Å². The molecule has 1 aliphatic heterocycles. The van der Waals surface area contributed by atoms with Crippen molar-refractivity contribution in [1.29, 1.82) is 0 Å². The van der Waals surface area contributed by atoms with Crippen LogP contribution in [0.5, 0.6) is 0 Å². The predicted octanol–water partition coefficient (Wildman–Crippen LogP) is 2.69. The Morgan fingerprint density at radius 3 is 2.64 bits per heavy atom. The summed E-state index contributed by atoms with van der Waals surface area (Å²) < 4.78 is 5.68. The number of hydrogen-bond acceptors (Lipinski definition) is 2. The summed E-state index contributed by atoms with van der Waals surface area (Å²) in [5.74, 6) is 3.56. The molecule has 14 heavy (non-hydrogen) atoms. The predicted molar refractivity (Wildman–Crippen MR) is 57.5 cm³/mol. The van der Waals surface area contributed by atoms with E-state index in [0.717, 1.165) is 30.5 Å². The summed E-state index contributed by atoms with van der Waals surface area (Å²) in [6.07, 6.45) is 2.56. The summed E-state index contributed by atoms with van der Waals surface area (Å²) in [5.41, 5.74) is 0. The average Bonchev–Trinajstić information content (AvgIpc) is 2.65. The van der Waals surface area contributed by atoms with E-state index in [4.69, 9.17) is 4.42 Å². The van der Waals surface area contributed by atoms with Gasteiger partial charge in [-0.15, -0.1) is 0 Å². The third-order valence-corrected chi connectivity index (χ3v) is 3.30. The molecule has 1 saturated heterocycles. The van der Waals surface area contributed by atoms with Crippen LogP contribution in [0.4, 0.5) is 0 Å². The van der Waals surface area contributed by atoms with Crippen LogP contribution < -0.4 is 5.32 Å². The van der Waals surface area contributed by atoms with Crippen molar-refractivity contribution in [3.8, 4) is 0 Å². The minimum absolute atomic E-state index is 0.575. The summed E-state index contributed by atoms with van der Waals surface area (Å²) in [6.45, 7) is 6.62. The molecule has 78 valence electrons. The standard InChI is InChI=1S/C12H19NO/c1-9-3-4-12(14-9)10(2)11-5-7-13-8-6-11/h3-4,10-11,13H,5-8H2,1-2H3. The number of rotatable bonds is 2. The van der Waals surface area contributed by atoms with E-state index in [2.05, 4.69) is 24.4 Å². The van der Waals surface area contributed by atoms with Crippen molar-refractivity contribution in [1.82, 2.24) is 5.32 Å². The van der Waals surface area contributed by atoms with E-state index in [1.165, 1.54) is 12.8 Å². The van der Waals surface area contributed by atoms with Crippen molar-refractivity contribution in [2.45, 2.75) is 32.6 Å². The second-order valence-corrected chi connectivity index (χ2v) is 4.32. The van der Waals surface area contributed by atoms with Crippen LogP contribution >= 0.6 is 0 Å². The van der Waals surface area contributed by atoms with Gasteiger partial charge in [-0.1, -0.05) is 6.92 Å². The Balaban J connectivity index is 2.03. The largest absolute Gasteiger partial charge is 0.466 e. The van der Waals surface area contributed by atoms with Crippen molar-refractivity contribution in [2.24, 2.45) is 5.92 Å². The summed E-state index contributed by atoms with van der Waals surface area (Å²) >= 11 is 0. The summed E-state index contributed by atoms with van der Waals surface area (Å²) in [4.78, 5) is 0. The molecule has 2 nitrogen and oxygen atoms in total. The number of furan rings is 1. The van der Waals surface area contributed by atoms with Crippen LogP contribution in [0, 0.1) is 12.8 Å². The van der Waals surface area contributed by atoms with Crippen molar-refractivity contribution < 1.29 is 4.42 Å². The molecule has 1 atom stereocenters. The highest BCUT2D eigenvalue weighted by Gasteiger charge is 2.22. The van der Waals surface area contributed by atoms with Gasteiger partial charge < -0.3 is 9.73 Å². The maximum Gasteiger partial charge on any atom is 0.107 e. The van der Waals surface area contributed by atoms with Gasteiger partial charge in [-0.3, -0.25) is 0 Å². The lowest BCUT2D eigenvalue weighted by Crippen LogP contribution is -2.30. The number of nitrogens with one attached hydrogen (secondary N) is 1. The molecule has 2 rings (SSSR count). The maximum absolute atomic E-state index is 5.68. The molecule has 1 unspecified atom stereocenters. The van der Waals surface area contributed by atoms with Crippen LogP contribution in [0.1, 0.15) is 37.2 Å². The minimum atomic E-state index is 0.575. The second-order valence-electron chi connectivity index (χ2n) is 4.32. The third kappa shape index (κ3) is 2.01. The fraction of sp³-hybridized carbons (Fsp3) is 0.667. The Hall–Kier alpha value is -0.760. The zero-order chi connectivity index (χ0) is 9.97. The zero-order valence-corrected chi connectivity index (χ0v) is 9.05. The third-order valence-electron chi connectivity index (χ3n) is 3.30. The Kier molecular flexibility index (Phi) is 2.92. The summed E-state index contributed by atoms with van der Waals surface area (Å²) in [5, 5.41) is 3.40. The Labute approximate surface area is 85.7 Å². The molecule has 0 radical (unpaired) electrons. The van der Waals surface area contributed by atoms with Gasteiger partial charge in [-0.2, -0.15) is 0 Å². The first-order valence-electron chi connectivity index (χ1n) is 5.54. The molecule has 1 fully saturated rings. The number of hydrogen-bond donors (Lipinski definition) is 1. The maximum atomic E-state index is 5.68. The molecule has 0 aliphatic carbocycles. The van der Waals surface area contributed by atoms with Gasteiger partial charge in [0.05, 0.1) is 0 Å². The molecule has 1 N–H and O–H groups in total. The van der Waals surface area contributed by atoms with E-state index in [0.29, 0.717) is 5.92 Å². The van der Waals surface area contributed by atoms with Gasteiger partial charge in [-0.25, -0.2) is 0 Å². The van der Waals surface area contributed by atoms with E-state index in [-0.39, 0.29) is 0 Å². The molecule has 0 bridgehead atoms. The monoisotopic (exact) mass is 193 g/mol. The van der Waals surface area contributed by atoms with E-state index < -0.39 is 0 Å².